The Morgan fingerprint density at radius 2 is 1.65 bits per heavy atom. The van der Waals surface area contributed by atoms with Crippen LogP contribution in [-0.2, 0) is 14.8 Å². The zero-order chi connectivity index (χ0) is 18.6. The van der Waals surface area contributed by atoms with Gasteiger partial charge in [-0.15, -0.1) is 0 Å². The van der Waals surface area contributed by atoms with Crippen LogP contribution in [0, 0.1) is 5.82 Å². The Kier molecular flexibility index (Phi) is 5.50. The molecule has 2 aromatic rings. The summed E-state index contributed by atoms with van der Waals surface area (Å²) in [6, 6.07) is 11.0. The fourth-order valence-electron chi connectivity index (χ4n) is 2.49. The van der Waals surface area contributed by atoms with Gasteiger partial charge in [0.1, 0.15) is 5.82 Å². The highest BCUT2D eigenvalue weighted by atomic mass is 32.2. The Bertz CT molecular complexity index is 881. The van der Waals surface area contributed by atoms with Crippen molar-refractivity contribution in [3.63, 3.8) is 0 Å². The first-order chi connectivity index (χ1) is 12.5. The predicted molar refractivity (Wildman–Crippen MR) is 95.1 cm³/mol. The molecule has 9 heteroatoms. The normalized spacial score (nSPS) is 15.4. The average molecular weight is 379 g/mol. The number of carbonyl (C=O) groups excluding carboxylic acids is 1. The number of hydrogen-bond donors (Lipinski definition) is 2. The number of anilines is 2. The molecule has 0 spiro atoms. The van der Waals surface area contributed by atoms with Gasteiger partial charge < -0.3 is 15.4 Å². The van der Waals surface area contributed by atoms with Crippen LogP contribution in [0.15, 0.2) is 53.4 Å². The minimum absolute atomic E-state index is 0.0523. The maximum atomic E-state index is 13.5. The van der Waals surface area contributed by atoms with Gasteiger partial charge in [-0.25, -0.2) is 17.6 Å². The van der Waals surface area contributed by atoms with Crippen molar-refractivity contribution in [3.8, 4) is 0 Å². The number of carbonyl (C=O) groups is 1. The molecule has 7 nitrogen and oxygen atoms in total. The molecule has 0 unspecified atom stereocenters. The van der Waals surface area contributed by atoms with Crippen molar-refractivity contribution in [1.82, 2.24) is 4.31 Å². The second-order valence-electron chi connectivity index (χ2n) is 5.60. The standard InChI is InChI=1S/C17H18FN3O4S/c18-15-3-1-2-4-16(15)20-17(22)19-13-5-7-14(8-6-13)26(23,24)21-9-11-25-12-10-21/h1-8H,9-12H2,(H2,19,20,22). The third kappa shape index (κ3) is 4.18. The molecule has 1 saturated heterocycles. The van der Waals surface area contributed by atoms with Gasteiger partial charge in [0.15, 0.2) is 0 Å². The zero-order valence-electron chi connectivity index (χ0n) is 13.8. The van der Waals surface area contributed by atoms with Crippen molar-refractivity contribution >= 4 is 27.4 Å². The molecule has 138 valence electrons. The van der Waals surface area contributed by atoms with Crippen LogP contribution in [0.3, 0.4) is 0 Å². The molecule has 0 aromatic heterocycles. The van der Waals surface area contributed by atoms with E-state index in [2.05, 4.69) is 10.6 Å². The summed E-state index contributed by atoms with van der Waals surface area (Å²) in [7, 11) is -3.59. The van der Waals surface area contributed by atoms with Gasteiger partial charge >= 0.3 is 6.03 Å². The highest BCUT2D eigenvalue weighted by molar-refractivity contribution is 7.89. The summed E-state index contributed by atoms with van der Waals surface area (Å²) in [4.78, 5) is 12.1. The lowest BCUT2D eigenvalue weighted by molar-refractivity contribution is 0.0730. The van der Waals surface area contributed by atoms with Crippen molar-refractivity contribution in [3.05, 3.63) is 54.3 Å². The van der Waals surface area contributed by atoms with Crippen molar-refractivity contribution in [2.75, 3.05) is 36.9 Å². The summed E-state index contributed by atoms with van der Waals surface area (Å²) in [6.45, 7) is 1.37. The zero-order valence-corrected chi connectivity index (χ0v) is 14.6. The van der Waals surface area contributed by atoms with E-state index in [1.807, 2.05) is 0 Å². The molecule has 1 aliphatic heterocycles. The van der Waals surface area contributed by atoms with Crippen LogP contribution in [0.25, 0.3) is 0 Å². The van der Waals surface area contributed by atoms with Gasteiger partial charge in [-0.1, -0.05) is 12.1 Å². The molecule has 26 heavy (non-hydrogen) atoms. The Labute approximate surface area is 150 Å². The van der Waals surface area contributed by atoms with Gasteiger partial charge in [-0.3, -0.25) is 0 Å². The summed E-state index contributed by atoms with van der Waals surface area (Å²) in [5, 5.41) is 4.92. The second kappa shape index (κ2) is 7.81. The number of morpholine rings is 1. The molecule has 0 aliphatic carbocycles. The summed E-state index contributed by atoms with van der Waals surface area (Å²) < 4.78 is 45.1. The lowest BCUT2D eigenvalue weighted by Gasteiger charge is -2.26. The van der Waals surface area contributed by atoms with E-state index in [4.69, 9.17) is 4.74 Å². The third-order valence-electron chi connectivity index (χ3n) is 3.84. The van der Waals surface area contributed by atoms with E-state index in [9.17, 15) is 17.6 Å². The molecule has 2 N–H and O–H groups in total. The van der Waals surface area contributed by atoms with E-state index in [1.165, 1.54) is 46.8 Å². The molecular weight excluding hydrogens is 361 g/mol. The van der Waals surface area contributed by atoms with Crippen molar-refractivity contribution in [2.45, 2.75) is 4.90 Å². The highest BCUT2D eigenvalue weighted by Gasteiger charge is 2.26. The quantitative estimate of drug-likeness (QED) is 0.854. The van der Waals surface area contributed by atoms with Crippen LogP contribution < -0.4 is 10.6 Å². The van der Waals surface area contributed by atoms with Crippen LogP contribution in [0.2, 0.25) is 0 Å². The topological polar surface area (TPSA) is 87.7 Å². The maximum absolute atomic E-state index is 13.5. The molecular formula is C17H18FN3O4S. The molecule has 1 heterocycles. The summed E-state index contributed by atoms with van der Waals surface area (Å²) in [5.41, 5.74) is 0.441. The molecule has 0 atom stereocenters. The fourth-order valence-corrected chi connectivity index (χ4v) is 3.90. The van der Waals surface area contributed by atoms with Crippen molar-refractivity contribution in [2.24, 2.45) is 0 Å². The maximum Gasteiger partial charge on any atom is 0.323 e. The first kappa shape index (κ1) is 18.3. The molecule has 0 saturated carbocycles. The van der Waals surface area contributed by atoms with Gasteiger partial charge in [0.2, 0.25) is 10.0 Å². The number of benzene rings is 2. The lowest BCUT2D eigenvalue weighted by atomic mass is 10.3. The van der Waals surface area contributed by atoms with E-state index in [0.29, 0.717) is 32.0 Å². The molecule has 2 amide bonds. The van der Waals surface area contributed by atoms with Gasteiger partial charge in [-0.05, 0) is 36.4 Å². The van der Waals surface area contributed by atoms with E-state index < -0.39 is 21.9 Å². The molecule has 1 fully saturated rings. The van der Waals surface area contributed by atoms with Crippen LogP contribution in [0.5, 0.6) is 0 Å². The number of hydrogen-bond acceptors (Lipinski definition) is 4. The summed E-state index contributed by atoms with van der Waals surface area (Å²) in [6.07, 6.45) is 0. The number of urea groups is 1. The van der Waals surface area contributed by atoms with Gasteiger partial charge in [0, 0.05) is 18.8 Å². The number of amides is 2. The second-order valence-corrected chi connectivity index (χ2v) is 7.54. The number of sulfonamides is 1. The van der Waals surface area contributed by atoms with Gasteiger partial charge in [0.05, 0.1) is 23.8 Å². The predicted octanol–water partition coefficient (Wildman–Crippen LogP) is 2.49. The highest BCUT2D eigenvalue weighted by Crippen LogP contribution is 2.20. The minimum Gasteiger partial charge on any atom is -0.379 e. The van der Waals surface area contributed by atoms with Crippen LogP contribution in [0.4, 0.5) is 20.6 Å². The Morgan fingerprint density at radius 1 is 1.00 bits per heavy atom. The van der Waals surface area contributed by atoms with E-state index in [1.54, 1.807) is 6.07 Å². The van der Waals surface area contributed by atoms with E-state index in [-0.39, 0.29) is 10.6 Å². The Hall–Kier alpha value is -2.49. The number of halogens is 1. The number of nitrogens with zero attached hydrogens (tertiary/aromatic N) is 1. The SMILES string of the molecule is O=C(Nc1ccc(S(=O)(=O)N2CCOCC2)cc1)Nc1ccccc1F. The van der Waals surface area contributed by atoms with Crippen LogP contribution >= 0.6 is 0 Å². The fraction of sp³-hybridized carbons (Fsp3) is 0.235. The summed E-state index contributed by atoms with van der Waals surface area (Å²) >= 11 is 0. The van der Waals surface area contributed by atoms with Gasteiger partial charge in [0.25, 0.3) is 0 Å². The first-order valence-electron chi connectivity index (χ1n) is 7.97. The first-order valence-corrected chi connectivity index (χ1v) is 9.41. The number of rotatable bonds is 4. The van der Waals surface area contributed by atoms with E-state index in [0.717, 1.165) is 0 Å². The summed E-state index contributed by atoms with van der Waals surface area (Å²) in [5.74, 6) is -0.547. The molecule has 2 aromatic carbocycles. The molecule has 1 aliphatic rings. The molecule has 0 bridgehead atoms. The van der Waals surface area contributed by atoms with Gasteiger partial charge in [-0.2, -0.15) is 4.31 Å². The molecule has 3 rings (SSSR count). The average Bonchev–Trinajstić information content (AvgIpc) is 2.65. The monoisotopic (exact) mass is 379 g/mol. The smallest absolute Gasteiger partial charge is 0.323 e. The third-order valence-corrected chi connectivity index (χ3v) is 5.75. The largest absolute Gasteiger partial charge is 0.379 e. The Morgan fingerprint density at radius 3 is 2.31 bits per heavy atom. The minimum atomic E-state index is -3.59. The number of nitrogens with one attached hydrogen (secondary N) is 2. The molecule has 0 radical (unpaired) electrons. The number of para-hydroxylation sites is 1. The lowest BCUT2D eigenvalue weighted by Crippen LogP contribution is -2.40. The van der Waals surface area contributed by atoms with Crippen LogP contribution in [0.1, 0.15) is 0 Å². The van der Waals surface area contributed by atoms with Crippen LogP contribution in [-0.4, -0.2) is 45.1 Å². The Balaban J connectivity index is 1.66. The van der Waals surface area contributed by atoms with Crippen molar-refractivity contribution < 1.29 is 22.3 Å². The number of ether oxygens (including phenoxy) is 1. The van der Waals surface area contributed by atoms with E-state index >= 15 is 0 Å². The van der Waals surface area contributed by atoms with Crippen molar-refractivity contribution in [1.29, 1.82) is 0 Å².